The number of hydrogen-bond donors (Lipinski definition) is 2. The van der Waals surface area contributed by atoms with Gasteiger partial charge in [-0.2, -0.15) is 0 Å². The Morgan fingerprint density at radius 1 is 1.62 bits per heavy atom. The minimum Gasteiger partial charge on any atom is -0.372 e. The second-order valence-electron chi connectivity index (χ2n) is 3.96. The van der Waals surface area contributed by atoms with Crippen molar-refractivity contribution in [3.05, 3.63) is 0 Å². The molecule has 6 nitrogen and oxygen atoms in total. The van der Waals surface area contributed by atoms with Gasteiger partial charge in [0.05, 0.1) is 6.54 Å². The van der Waals surface area contributed by atoms with Gasteiger partial charge in [-0.1, -0.05) is 0 Å². The molecule has 0 aromatic heterocycles. The van der Waals surface area contributed by atoms with Crippen molar-refractivity contribution in [1.29, 1.82) is 0 Å². The third kappa shape index (κ3) is 3.18. The van der Waals surface area contributed by atoms with Gasteiger partial charge in [0.25, 0.3) is 5.91 Å². The molecule has 1 aliphatic heterocycles. The first-order valence-electron chi connectivity index (χ1n) is 5.38. The third-order valence-corrected chi connectivity index (χ3v) is 2.79. The van der Waals surface area contributed by atoms with Crippen LogP contribution in [0.15, 0.2) is 0 Å². The summed E-state index contributed by atoms with van der Waals surface area (Å²) in [7, 11) is 1.47. The summed E-state index contributed by atoms with van der Waals surface area (Å²) in [6, 6.07) is 0.0394. The van der Waals surface area contributed by atoms with Crippen LogP contribution >= 0.6 is 0 Å². The van der Waals surface area contributed by atoms with Crippen LogP contribution in [0.3, 0.4) is 0 Å². The molecule has 3 N–H and O–H groups in total. The lowest BCUT2D eigenvalue weighted by atomic mass is 10.2. The van der Waals surface area contributed by atoms with E-state index >= 15 is 0 Å². The van der Waals surface area contributed by atoms with Crippen LogP contribution in [0.4, 0.5) is 0 Å². The lowest BCUT2D eigenvalue weighted by molar-refractivity contribution is -0.145. The van der Waals surface area contributed by atoms with Gasteiger partial charge in [0.1, 0.15) is 6.10 Å². The van der Waals surface area contributed by atoms with Crippen molar-refractivity contribution in [2.75, 3.05) is 26.7 Å². The first-order chi connectivity index (χ1) is 7.56. The fourth-order valence-corrected chi connectivity index (χ4v) is 1.79. The summed E-state index contributed by atoms with van der Waals surface area (Å²) in [6.07, 6.45) is 0.301. The Balaban J connectivity index is 2.69. The van der Waals surface area contributed by atoms with Gasteiger partial charge < -0.3 is 20.7 Å². The second-order valence-corrected chi connectivity index (χ2v) is 3.96. The van der Waals surface area contributed by atoms with Crippen LogP contribution in [0.1, 0.15) is 13.3 Å². The summed E-state index contributed by atoms with van der Waals surface area (Å²) >= 11 is 0. The van der Waals surface area contributed by atoms with Crippen molar-refractivity contribution < 1.29 is 14.3 Å². The number of nitrogens with one attached hydrogen (secondary N) is 1. The van der Waals surface area contributed by atoms with Crippen LogP contribution in [0.2, 0.25) is 0 Å². The zero-order valence-electron chi connectivity index (χ0n) is 9.73. The number of methoxy groups -OCH3 is 1. The highest BCUT2D eigenvalue weighted by Crippen LogP contribution is 2.10. The quantitative estimate of drug-likeness (QED) is 0.613. The lowest BCUT2D eigenvalue weighted by Gasteiger charge is -2.29. The zero-order chi connectivity index (χ0) is 12.1. The van der Waals surface area contributed by atoms with E-state index in [-0.39, 0.29) is 18.5 Å². The molecule has 1 fully saturated rings. The van der Waals surface area contributed by atoms with E-state index in [0.717, 1.165) is 13.0 Å². The Hall–Kier alpha value is -1.14. The number of primary amides is 1. The van der Waals surface area contributed by atoms with Gasteiger partial charge >= 0.3 is 0 Å². The van der Waals surface area contributed by atoms with Crippen molar-refractivity contribution in [2.45, 2.75) is 25.5 Å². The van der Waals surface area contributed by atoms with Crippen LogP contribution in [-0.4, -0.2) is 55.6 Å². The summed E-state index contributed by atoms with van der Waals surface area (Å²) in [6.45, 7) is 3.18. The maximum Gasteiger partial charge on any atom is 0.252 e. The van der Waals surface area contributed by atoms with Crippen molar-refractivity contribution in [3.8, 4) is 0 Å². The van der Waals surface area contributed by atoms with Crippen molar-refractivity contribution in [1.82, 2.24) is 10.2 Å². The second kappa shape index (κ2) is 5.81. The number of nitrogens with two attached hydrogens (primary N) is 1. The Bertz CT molecular complexity index is 264. The first-order valence-corrected chi connectivity index (χ1v) is 5.38. The molecule has 1 heterocycles. The monoisotopic (exact) mass is 229 g/mol. The molecule has 0 bridgehead atoms. The van der Waals surface area contributed by atoms with E-state index in [9.17, 15) is 9.59 Å². The molecule has 2 amide bonds. The zero-order valence-corrected chi connectivity index (χ0v) is 9.73. The fraction of sp³-hybridized carbons (Fsp3) is 0.800. The molecule has 2 atom stereocenters. The van der Waals surface area contributed by atoms with Crippen molar-refractivity contribution in [2.24, 2.45) is 5.73 Å². The maximum absolute atomic E-state index is 12.0. The number of nitrogens with zero attached hydrogens (tertiary/aromatic N) is 1. The summed E-state index contributed by atoms with van der Waals surface area (Å²) in [5, 5.41) is 3.15. The highest BCUT2D eigenvalue weighted by molar-refractivity contribution is 5.86. The molecule has 0 aromatic rings. The smallest absolute Gasteiger partial charge is 0.252 e. The summed E-state index contributed by atoms with van der Waals surface area (Å²) in [5.41, 5.74) is 5.15. The fourth-order valence-electron chi connectivity index (χ4n) is 1.79. The molecule has 0 aliphatic carbocycles. The molecule has 16 heavy (non-hydrogen) atoms. The SMILES string of the molecule is COC(C)C(=O)N(CC(N)=O)C1CCNC1. The third-order valence-electron chi connectivity index (χ3n) is 2.79. The largest absolute Gasteiger partial charge is 0.372 e. The van der Waals surface area contributed by atoms with Gasteiger partial charge in [-0.25, -0.2) is 0 Å². The van der Waals surface area contributed by atoms with Gasteiger partial charge in [0.15, 0.2) is 0 Å². The first kappa shape index (κ1) is 12.9. The average molecular weight is 229 g/mol. The van der Waals surface area contributed by atoms with Crippen LogP contribution in [0, 0.1) is 0 Å². The van der Waals surface area contributed by atoms with Crippen LogP contribution in [0.5, 0.6) is 0 Å². The van der Waals surface area contributed by atoms with Crippen LogP contribution in [-0.2, 0) is 14.3 Å². The summed E-state index contributed by atoms with van der Waals surface area (Å²) < 4.78 is 4.97. The van der Waals surface area contributed by atoms with Crippen LogP contribution < -0.4 is 11.1 Å². The van der Waals surface area contributed by atoms with E-state index < -0.39 is 12.0 Å². The van der Waals surface area contributed by atoms with Gasteiger partial charge in [-0.05, 0) is 19.9 Å². The lowest BCUT2D eigenvalue weighted by Crippen LogP contribution is -2.49. The van der Waals surface area contributed by atoms with Crippen LogP contribution in [0.25, 0.3) is 0 Å². The predicted molar refractivity (Wildman–Crippen MR) is 58.7 cm³/mol. The van der Waals surface area contributed by atoms with Crippen molar-refractivity contribution in [3.63, 3.8) is 0 Å². The van der Waals surface area contributed by atoms with Gasteiger partial charge in [0, 0.05) is 19.7 Å². The normalized spacial score (nSPS) is 21.8. The standard InChI is InChI=1S/C10H19N3O3/c1-7(16-2)10(15)13(6-9(11)14)8-3-4-12-5-8/h7-8,12H,3-6H2,1-2H3,(H2,11,14). The minimum atomic E-state index is -0.542. The van der Waals surface area contributed by atoms with E-state index in [4.69, 9.17) is 10.5 Å². The van der Waals surface area contributed by atoms with Gasteiger partial charge in [-0.15, -0.1) is 0 Å². The summed E-state index contributed by atoms with van der Waals surface area (Å²) in [4.78, 5) is 24.4. The van der Waals surface area contributed by atoms with E-state index in [1.807, 2.05) is 0 Å². The molecular formula is C10H19N3O3. The summed E-state index contributed by atoms with van der Waals surface area (Å²) in [5.74, 6) is -0.682. The van der Waals surface area contributed by atoms with Gasteiger partial charge in [0.2, 0.25) is 5.91 Å². The number of amides is 2. The van der Waals surface area contributed by atoms with Crippen molar-refractivity contribution >= 4 is 11.8 Å². The Kier molecular flexibility index (Phi) is 4.70. The van der Waals surface area contributed by atoms with E-state index in [0.29, 0.717) is 6.54 Å². The highest BCUT2D eigenvalue weighted by atomic mass is 16.5. The van der Waals surface area contributed by atoms with E-state index in [1.54, 1.807) is 6.92 Å². The number of rotatable bonds is 5. The maximum atomic E-state index is 12.0. The predicted octanol–water partition coefficient (Wildman–Crippen LogP) is -1.30. The molecule has 0 spiro atoms. The number of ether oxygens (including phenoxy) is 1. The molecule has 1 saturated heterocycles. The number of carbonyl (C=O) groups is 2. The van der Waals surface area contributed by atoms with Gasteiger partial charge in [-0.3, -0.25) is 9.59 Å². The Morgan fingerprint density at radius 3 is 2.75 bits per heavy atom. The molecule has 6 heteroatoms. The minimum absolute atomic E-state index is 0.0394. The van der Waals surface area contributed by atoms with E-state index in [1.165, 1.54) is 12.0 Å². The molecular weight excluding hydrogens is 210 g/mol. The topological polar surface area (TPSA) is 84.7 Å². The highest BCUT2D eigenvalue weighted by Gasteiger charge is 2.30. The molecule has 92 valence electrons. The molecule has 2 unspecified atom stereocenters. The molecule has 1 rings (SSSR count). The number of hydrogen-bond acceptors (Lipinski definition) is 4. The molecule has 1 aliphatic rings. The van der Waals surface area contributed by atoms with E-state index in [2.05, 4.69) is 5.32 Å². The average Bonchev–Trinajstić information content (AvgIpc) is 2.76. The Labute approximate surface area is 95.1 Å². The molecule has 0 aromatic carbocycles. The Morgan fingerprint density at radius 2 is 2.31 bits per heavy atom. The molecule has 0 saturated carbocycles. The molecule has 0 radical (unpaired) electrons. The number of carbonyl (C=O) groups excluding carboxylic acids is 2.